The molecule has 0 atom stereocenters. The van der Waals surface area contributed by atoms with E-state index in [-0.39, 0.29) is 27.7 Å². The van der Waals surface area contributed by atoms with Gasteiger partial charge in [-0.3, -0.25) is 19.6 Å². The van der Waals surface area contributed by atoms with Crippen LogP contribution in [0.1, 0.15) is 29.2 Å². The molecule has 1 aromatic heterocycles. The van der Waals surface area contributed by atoms with E-state index in [9.17, 15) is 23.3 Å². The summed E-state index contributed by atoms with van der Waals surface area (Å²) in [6, 6.07) is 15.4. The highest BCUT2D eigenvalue weighted by Gasteiger charge is 2.27. The quantitative estimate of drug-likeness (QED) is 0.451. The number of rotatable bonds is 6. The van der Waals surface area contributed by atoms with Gasteiger partial charge in [-0.1, -0.05) is 18.2 Å². The van der Waals surface area contributed by atoms with Gasteiger partial charge in [0.2, 0.25) is 0 Å². The molecule has 1 aliphatic heterocycles. The second-order valence-corrected chi connectivity index (χ2v) is 9.24. The Kier molecular flexibility index (Phi) is 5.95. The van der Waals surface area contributed by atoms with Gasteiger partial charge in [0.1, 0.15) is 0 Å². The van der Waals surface area contributed by atoms with E-state index in [4.69, 9.17) is 0 Å². The highest BCUT2D eigenvalue weighted by atomic mass is 32.2. The minimum absolute atomic E-state index is 0.136. The van der Waals surface area contributed by atoms with Crippen LogP contribution < -0.4 is 4.72 Å². The molecule has 2 heterocycles. The van der Waals surface area contributed by atoms with Crippen LogP contribution in [0.4, 0.5) is 11.4 Å². The van der Waals surface area contributed by atoms with Crippen LogP contribution in [0.3, 0.4) is 0 Å². The molecular formula is C22H22N4O5S. The van der Waals surface area contributed by atoms with E-state index >= 15 is 0 Å². The molecule has 3 aromatic rings. The van der Waals surface area contributed by atoms with Crippen molar-refractivity contribution in [2.75, 3.05) is 17.8 Å². The average Bonchev–Trinajstić information content (AvgIpc) is 3.34. The maximum absolute atomic E-state index is 13.2. The van der Waals surface area contributed by atoms with Crippen molar-refractivity contribution < 1.29 is 18.1 Å². The van der Waals surface area contributed by atoms with Crippen LogP contribution in [0.2, 0.25) is 0 Å². The molecule has 32 heavy (non-hydrogen) atoms. The third-order valence-corrected chi connectivity index (χ3v) is 6.90. The fraction of sp³-hybridized carbons (Fsp3) is 0.227. The van der Waals surface area contributed by atoms with Crippen molar-refractivity contribution in [1.29, 1.82) is 0 Å². The predicted molar refractivity (Wildman–Crippen MR) is 119 cm³/mol. The Labute approximate surface area is 185 Å². The number of benzene rings is 2. The highest BCUT2D eigenvalue weighted by molar-refractivity contribution is 7.92. The van der Waals surface area contributed by atoms with E-state index in [1.54, 1.807) is 23.1 Å². The summed E-state index contributed by atoms with van der Waals surface area (Å²) in [4.78, 5) is 25.0. The van der Waals surface area contributed by atoms with Crippen LogP contribution in [0.5, 0.6) is 0 Å². The van der Waals surface area contributed by atoms with Crippen LogP contribution in [-0.4, -0.2) is 41.8 Å². The van der Waals surface area contributed by atoms with Gasteiger partial charge < -0.3 is 9.47 Å². The molecule has 10 heteroatoms. The number of nitrogens with zero attached hydrogens (tertiary/aromatic N) is 3. The molecule has 0 bridgehead atoms. The number of likely N-dealkylation sites (tertiary alicyclic amines) is 1. The summed E-state index contributed by atoms with van der Waals surface area (Å²) in [5, 5.41) is 11.0. The Morgan fingerprint density at radius 1 is 1.00 bits per heavy atom. The number of hydrogen-bond acceptors (Lipinski definition) is 5. The van der Waals surface area contributed by atoms with Gasteiger partial charge in [0.15, 0.2) is 0 Å². The van der Waals surface area contributed by atoms with E-state index in [1.807, 2.05) is 24.5 Å². The fourth-order valence-corrected chi connectivity index (χ4v) is 4.97. The Hall–Kier alpha value is -3.66. The van der Waals surface area contributed by atoms with E-state index in [0.29, 0.717) is 19.1 Å². The molecule has 0 radical (unpaired) electrons. The molecule has 1 amide bonds. The topological polar surface area (TPSA) is 115 Å². The van der Waals surface area contributed by atoms with Crippen molar-refractivity contribution in [2.45, 2.75) is 23.8 Å². The number of carbonyl (C=O) groups is 1. The molecule has 0 spiro atoms. The zero-order valence-corrected chi connectivity index (χ0v) is 17.9. The van der Waals surface area contributed by atoms with Gasteiger partial charge in [0.25, 0.3) is 21.6 Å². The standard InChI is InChI=1S/C22H22N4O5S/c27-22(25-14-10-17(11-15-25)24-12-3-4-13-24)20-8-1-2-9-21(20)23-32(30,31)19-7-5-6-18(16-19)26(28)29/h1-9,12-13,16-17,23H,10-11,14-15H2. The number of sulfonamides is 1. The first-order valence-corrected chi connectivity index (χ1v) is 11.6. The molecule has 166 valence electrons. The van der Waals surface area contributed by atoms with Crippen LogP contribution in [-0.2, 0) is 10.0 Å². The van der Waals surface area contributed by atoms with E-state index in [2.05, 4.69) is 9.29 Å². The van der Waals surface area contributed by atoms with Crippen molar-refractivity contribution in [3.8, 4) is 0 Å². The van der Waals surface area contributed by atoms with Gasteiger partial charge in [-0.05, 0) is 43.2 Å². The third kappa shape index (κ3) is 4.50. The number of aromatic nitrogens is 1. The zero-order valence-electron chi connectivity index (χ0n) is 17.1. The maximum Gasteiger partial charge on any atom is 0.270 e. The van der Waals surface area contributed by atoms with Crippen LogP contribution in [0.25, 0.3) is 0 Å². The number of hydrogen-bond donors (Lipinski definition) is 1. The molecule has 0 unspecified atom stereocenters. The third-order valence-electron chi connectivity index (χ3n) is 5.54. The molecule has 1 N–H and O–H groups in total. The lowest BCUT2D eigenvalue weighted by molar-refractivity contribution is -0.385. The summed E-state index contributed by atoms with van der Waals surface area (Å²) in [5.74, 6) is -0.256. The first-order valence-electron chi connectivity index (χ1n) is 10.1. The molecule has 1 fully saturated rings. The first kappa shape index (κ1) is 21.6. The number of anilines is 1. The Bertz CT molecular complexity index is 1230. The summed E-state index contributed by atoms with van der Waals surface area (Å²) in [5.41, 5.74) is 0.0419. The molecule has 1 aliphatic rings. The van der Waals surface area contributed by atoms with Crippen LogP contribution in [0.15, 0.2) is 78.0 Å². The van der Waals surface area contributed by atoms with Crippen molar-refractivity contribution in [1.82, 2.24) is 9.47 Å². The lowest BCUT2D eigenvalue weighted by Crippen LogP contribution is -2.39. The smallest absolute Gasteiger partial charge is 0.270 e. The van der Waals surface area contributed by atoms with Gasteiger partial charge in [-0.2, -0.15) is 0 Å². The van der Waals surface area contributed by atoms with Gasteiger partial charge in [0.05, 0.1) is 21.1 Å². The summed E-state index contributed by atoms with van der Waals surface area (Å²) in [6.07, 6.45) is 5.64. The minimum atomic E-state index is -4.12. The average molecular weight is 455 g/mol. The largest absolute Gasteiger partial charge is 0.351 e. The molecule has 2 aromatic carbocycles. The lowest BCUT2D eigenvalue weighted by atomic mass is 10.0. The molecule has 1 saturated heterocycles. The van der Waals surface area contributed by atoms with Gasteiger partial charge in [-0.15, -0.1) is 0 Å². The number of nitrogens with one attached hydrogen (secondary N) is 1. The van der Waals surface area contributed by atoms with Crippen molar-refractivity contribution in [3.63, 3.8) is 0 Å². The first-order chi connectivity index (χ1) is 15.3. The normalized spacial score (nSPS) is 14.8. The summed E-state index contributed by atoms with van der Waals surface area (Å²) in [7, 11) is -4.12. The summed E-state index contributed by atoms with van der Waals surface area (Å²) in [6.45, 7) is 1.13. The molecule has 4 rings (SSSR count). The van der Waals surface area contributed by atoms with Crippen molar-refractivity contribution in [3.05, 3.63) is 88.7 Å². The van der Waals surface area contributed by atoms with E-state index in [0.717, 1.165) is 18.9 Å². The predicted octanol–water partition coefficient (Wildman–Crippen LogP) is 3.67. The van der Waals surface area contributed by atoms with E-state index in [1.165, 1.54) is 24.3 Å². The van der Waals surface area contributed by atoms with Gasteiger partial charge in [0, 0.05) is 43.7 Å². The second-order valence-electron chi connectivity index (χ2n) is 7.56. The van der Waals surface area contributed by atoms with E-state index < -0.39 is 14.9 Å². The fourth-order valence-electron chi connectivity index (χ4n) is 3.86. The summed E-state index contributed by atoms with van der Waals surface area (Å²) >= 11 is 0. The summed E-state index contributed by atoms with van der Waals surface area (Å²) < 4.78 is 30.2. The second kappa shape index (κ2) is 8.83. The van der Waals surface area contributed by atoms with Gasteiger partial charge in [-0.25, -0.2) is 8.42 Å². The molecule has 0 saturated carbocycles. The number of nitro benzene ring substituents is 1. The number of carbonyl (C=O) groups excluding carboxylic acids is 1. The van der Waals surface area contributed by atoms with Crippen molar-refractivity contribution >= 4 is 27.3 Å². The number of para-hydroxylation sites is 1. The number of non-ortho nitro benzene ring substituents is 1. The Balaban J connectivity index is 1.52. The maximum atomic E-state index is 13.2. The van der Waals surface area contributed by atoms with Crippen LogP contribution in [0, 0.1) is 10.1 Å². The monoisotopic (exact) mass is 454 g/mol. The Morgan fingerprint density at radius 3 is 2.38 bits per heavy atom. The lowest BCUT2D eigenvalue weighted by Gasteiger charge is -2.33. The molecule has 9 nitrogen and oxygen atoms in total. The molecule has 0 aliphatic carbocycles. The van der Waals surface area contributed by atoms with Gasteiger partial charge >= 0.3 is 0 Å². The SMILES string of the molecule is O=C(c1ccccc1NS(=O)(=O)c1cccc([N+](=O)[O-])c1)N1CCC(n2cccc2)CC1. The number of nitro groups is 1. The Morgan fingerprint density at radius 2 is 1.69 bits per heavy atom. The molecular weight excluding hydrogens is 432 g/mol. The van der Waals surface area contributed by atoms with Crippen molar-refractivity contribution in [2.24, 2.45) is 0 Å². The highest BCUT2D eigenvalue weighted by Crippen LogP contribution is 2.27. The number of piperidine rings is 1. The number of amides is 1. The zero-order chi connectivity index (χ0) is 22.7. The van der Waals surface area contributed by atoms with Crippen LogP contribution >= 0.6 is 0 Å². The minimum Gasteiger partial charge on any atom is -0.351 e.